The largest absolute Gasteiger partial charge is 0.456 e. The Morgan fingerprint density at radius 1 is 1.20 bits per heavy atom. The van der Waals surface area contributed by atoms with Crippen molar-refractivity contribution in [1.29, 1.82) is 0 Å². The molecule has 2 N–H and O–H groups in total. The maximum Gasteiger partial charge on any atom is 0.338 e. The molecule has 154 valence electrons. The van der Waals surface area contributed by atoms with Crippen LogP contribution in [0.15, 0.2) is 58.2 Å². The first kappa shape index (κ1) is 20.2. The van der Waals surface area contributed by atoms with Crippen LogP contribution in [-0.4, -0.2) is 36.0 Å². The molecule has 0 saturated heterocycles. The first-order valence-electron chi connectivity index (χ1n) is 9.44. The maximum absolute atomic E-state index is 12.8. The van der Waals surface area contributed by atoms with E-state index in [-0.39, 0.29) is 19.1 Å². The number of halogens is 1. The van der Waals surface area contributed by atoms with E-state index in [4.69, 9.17) is 4.74 Å². The smallest absolute Gasteiger partial charge is 0.338 e. The van der Waals surface area contributed by atoms with E-state index in [1.165, 1.54) is 4.90 Å². The molecule has 7 nitrogen and oxygen atoms in total. The summed E-state index contributed by atoms with van der Waals surface area (Å²) < 4.78 is 6.14. The number of hydrogen-bond donors (Lipinski definition) is 2. The normalized spacial score (nSPS) is 18.1. The van der Waals surface area contributed by atoms with Crippen molar-refractivity contribution in [3.63, 3.8) is 0 Å². The Balaban J connectivity index is 1.58. The fourth-order valence-corrected chi connectivity index (χ4v) is 3.80. The number of nitrogens with one attached hydrogen (secondary N) is 2. The molecule has 2 aromatic carbocycles. The van der Waals surface area contributed by atoms with Crippen LogP contribution in [0.4, 0.5) is 10.5 Å². The van der Waals surface area contributed by atoms with Crippen molar-refractivity contribution in [2.75, 3.05) is 18.5 Å². The van der Waals surface area contributed by atoms with Crippen molar-refractivity contribution >= 4 is 39.5 Å². The number of carbonyl (C=O) groups is 3. The van der Waals surface area contributed by atoms with Crippen LogP contribution < -0.4 is 10.6 Å². The third-order valence-electron chi connectivity index (χ3n) is 5.15. The molecule has 0 saturated carbocycles. The first-order valence-corrected chi connectivity index (χ1v) is 10.2. The van der Waals surface area contributed by atoms with Crippen molar-refractivity contribution in [3.05, 3.63) is 74.9 Å². The van der Waals surface area contributed by atoms with Gasteiger partial charge in [-0.3, -0.25) is 9.69 Å². The highest BCUT2D eigenvalue weighted by Crippen LogP contribution is 2.35. The summed E-state index contributed by atoms with van der Waals surface area (Å²) in [6.45, 7) is 3.62. The molecule has 0 bridgehead atoms. The van der Waals surface area contributed by atoms with Crippen molar-refractivity contribution in [2.45, 2.75) is 19.9 Å². The van der Waals surface area contributed by atoms with Gasteiger partial charge < -0.3 is 15.4 Å². The Bertz CT molecular complexity index is 1080. The summed E-state index contributed by atoms with van der Waals surface area (Å²) in [4.78, 5) is 39.1. The highest BCUT2D eigenvalue weighted by atomic mass is 79.9. The lowest BCUT2D eigenvalue weighted by Gasteiger charge is -2.32. The van der Waals surface area contributed by atoms with Gasteiger partial charge in [-0.2, -0.15) is 0 Å². The van der Waals surface area contributed by atoms with Gasteiger partial charge in [0.05, 0.1) is 17.3 Å². The van der Waals surface area contributed by atoms with Crippen LogP contribution in [-0.2, 0) is 14.3 Å². The highest BCUT2D eigenvalue weighted by Gasteiger charge is 2.42. The Labute approximate surface area is 182 Å². The molecule has 2 aliphatic rings. The summed E-state index contributed by atoms with van der Waals surface area (Å²) in [5.41, 5.74) is 4.26. The lowest BCUT2D eigenvalue weighted by molar-refractivity contribution is -0.136. The molecule has 0 fully saturated rings. The molecule has 0 aromatic heterocycles. The minimum absolute atomic E-state index is 0.0331. The number of cyclic esters (lactones) is 1. The van der Waals surface area contributed by atoms with Crippen LogP contribution in [0.1, 0.15) is 22.7 Å². The lowest BCUT2D eigenvalue weighted by Crippen LogP contribution is -2.49. The predicted molar refractivity (Wildman–Crippen MR) is 115 cm³/mol. The van der Waals surface area contributed by atoms with Gasteiger partial charge in [-0.25, -0.2) is 9.59 Å². The number of anilines is 1. The Kier molecular flexibility index (Phi) is 5.34. The number of ether oxygens (including phenoxy) is 1. The molecule has 0 spiro atoms. The number of amides is 3. The minimum Gasteiger partial charge on any atom is -0.456 e. The van der Waals surface area contributed by atoms with Crippen molar-refractivity contribution < 1.29 is 19.1 Å². The fourth-order valence-electron chi connectivity index (χ4n) is 3.55. The molecule has 1 unspecified atom stereocenters. The molecule has 2 aromatic rings. The van der Waals surface area contributed by atoms with Crippen molar-refractivity contribution in [2.24, 2.45) is 0 Å². The Morgan fingerprint density at radius 2 is 1.93 bits per heavy atom. The monoisotopic (exact) mass is 469 g/mol. The highest BCUT2D eigenvalue weighted by molar-refractivity contribution is 9.10. The second kappa shape index (κ2) is 7.95. The molecule has 3 amide bonds. The molecule has 30 heavy (non-hydrogen) atoms. The first-order chi connectivity index (χ1) is 14.3. The van der Waals surface area contributed by atoms with Gasteiger partial charge in [-0.1, -0.05) is 45.8 Å². The second-order valence-electron chi connectivity index (χ2n) is 7.33. The predicted octanol–water partition coefficient (Wildman–Crippen LogP) is 3.58. The van der Waals surface area contributed by atoms with E-state index in [9.17, 15) is 14.4 Å². The van der Waals surface area contributed by atoms with Crippen LogP contribution in [0.3, 0.4) is 0 Å². The van der Waals surface area contributed by atoms with Gasteiger partial charge in [0.15, 0.2) is 0 Å². The number of nitrogens with zero attached hydrogens (tertiary/aromatic N) is 1. The van der Waals surface area contributed by atoms with E-state index < -0.39 is 18.0 Å². The number of benzene rings is 2. The number of urea groups is 1. The van der Waals surface area contributed by atoms with Gasteiger partial charge in [-0.05, 0) is 43.2 Å². The molecule has 0 radical (unpaired) electrons. The summed E-state index contributed by atoms with van der Waals surface area (Å²) in [6, 6.07) is 12.0. The molecule has 8 heteroatoms. The van der Waals surface area contributed by atoms with Crippen LogP contribution in [0.5, 0.6) is 0 Å². The summed E-state index contributed by atoms with van der Waals surface area (Å²) in [5, 5.41) is 5.62. The Hall–Kier alpha value is -3.13. The number of aryl methyl sites for hydroxylation is 2. The topological polar surface area (TPSA) is 87.7 Å². The zero-order valence-corrected chi connectivity index (χ0v) is 18.1. The molecule has 2 aliphatic heterocycles. The summed E-state index contributed by atoms with van der Waals surface area (Å²) in [7, 11) is 0. The molecule has 0 aliphatic carbocycles. The van der Waals surface area contributed by atoms with Crippen molar-refractivity contribution in [1.82, 2.24) is 10.2 Å². The zero-order chi connectivity index (χ0) is 21.4. The Morgan fingerprint density at radius 3 is 2.63 bits per heavy atom. The van der Waals surface area contributed by atoms with Crippen LogP contribution in [0, 0.1) is 13.8 Å². The third-order valence-corrected chi connectivity index (χ3v) is 6.04. The standard InChI is InChI=1S/C22H20BrN3O4/c1-12-3-5-14(6-4-12)20-19-17(11-30-21(19)28)26(22(29)25-20)10-18(27)24-15-7-8-16(23)13(2)9-15/h3-9,20H,10-11H2,1-2H3,(H,24,27)(H,25,29). The number of carbonyl (C=O) groups excluding carboxylic acids is 3. The number of rotatable bonds is 4. The molecular weight excluding hydrogens is 450 g/mol. The van der Waals surface area contributed by atoms with E-state index >= 15 is 0 Å². The van der Waals surface area contributed by atoms with Crippen LogP contribution >= 0.6 is 15.9 Å². The van der Waals surface area contributed by atoms with Gasteiger partial charge in [-0.15, -0.1) is 0 Å². The quantitative estimate of drug-likeness (QED) is 0.669. The summed E-state index contributed by atoms with van der Waals surface area (Å²) in [5.74, 6) is -0.851. The number of hydrogen-bond acceptors (Lipinski definition) is 4. The van der Waals surface area contributed by atoms with Crippen molar-refractivity contribution in [3.8, 4) is 0 Å². The van der Waals surface area contributed by atoms with Gasteiger partial charge in [0.25, 0.3) is 0 Å². The van der Waals surface area contributed by atoms with Gasteiger partial charge in [0.1, 0.15) is 13.2 Å². The second-order valence-corrected chi connectivity index (χ2v) is 8.18. The molecule has 2 heterocycles. The number of esters is 1. The summed E-state index contributed by atoms with van der Waals surface area (Å²) in [6.07, 6.45) is 0. The molecule has 1 atom stereocenters. The summed E-state index contributed by atoms with van der Waals surface area (Å²) >= 11 is 3.42. The maximum atomic E-state index is 12.8. The van der Waals surface area contributed by atoms with E-state index in [0.717, 1.165) is 21.2 Å². The van der Waals surface area contributed by atoms with E-state index in [0.29, 0.717) is 17.0 Å². The van der Waals surface area contributed by atoms with Crippen LogP contribution in [0.2, 0.25) is 0 Å². The van der Waals surface area contributed by atoms with E-state index in [2.05, 4.69) is 26.6 Å². The van der Waals surface area contributed by atoms with Gasteiger partial charge in [0.2, 0.25) is 5.91 Å². The van der Waals surface area contributed by atoms with Crippen LogP contribution in [0.25, 0.3) is 0 Å². The van der Waals surface area contributed by atoms with E-state index in [1.54, 1.807) is 6.07 Å². The minimum atomic E-state index is -0.600. The fraction of sp³-hybridized carbons (Fsp3) is 0.227. The zero-order valence-electron chi connectivity index (χ0n) is 16.5. The molecular formula is C22H20BrN3O4. The SMILES string of the molecule is Cc1ccc(C2NC(=O)N(CC(=O)Nc3ccc(Br)c(C)c3)C3=C2C(=O)OC3)cc1. The third kappa shape index (κ3) is 3.82. The van der Waals surface area contributed by atoms with E-state index in [1.807, 2.05) is 50.2 Å². The average Bonchev–Trinajstić information content (AvgIpc) is 3.09. The molecule has 4 rings (SSSR count). The average molecular weight is 470 g/mol. The lowest BCUT2D eigenvalue weighted by atomic mass is 9.95. The van der Waals surface area contributed by atoms with Gasteiger partial charge in [0, 0.05) is 10.2 Å². The van der Waals surface area contributed by atoms with Gasteiger partial charge >= 0.3 is 12.0 Å².